The summed E-state index contributed by atoms with van der Waals surface area (Å²) in [7, 11) is 0. The van der Waals surface area contributed by atoms with Gasteiger partial charge in [0, 0.05) is 63.3 Å². The molecule has 2 saturated heterocycles. The van der Waals surface area contributed by atoms with Crippen LogP contribution in [0.15, 0.2) is 36.8 Å². The van der Waals surface area contributed by atoms with Gasteiger partial charge in [0.2, 0.25) is 0 Å². The molecule has 2 fully saturated rings. The Morgan fingerprint density at radius 1 is 1.00 bits per heavy atom. The molecule has 0 unspecified atom stereocenters. The van der Waals surface area contributed by atoms with E-state index in [9.17, 15) is 14.9 Å². The first-order chi connectivity index (χ1) is 13.6. The lowest BCUT2D eigenvalue weighted by Crippen LogP contribution is -2.49. The van der Waals surface area contributed by atoms with Crippen molar-refractivity contribution < 1.29 is 9.72 Å². The van der Waals surface area contributed by atoms with Gasteiger partial charge >= 0.3 is 0 Å². The van der Waals surface area contributed by atoms with Crippen LogP contribution in [-0.4, -0.2) is 65.0 Å². The zero-order valence-electron chi connectivity index (χ0n) is 15.5. The van der Waals surface area contributed by atoms with E-state index in [4.69, 9.17) is 0 Å². The molecule has 0 bridgehead atoms. The number of carbonyl (C=O) groups excluding carboxylic acids is 1. The van der Waals surface area contributed by atoms with E-state index in [1.807, 2.05) is 4.90 Å². The highest BCUT2D eigenvalue weighted by Gasteiger charge is 2.27. The fraction of sp³-hybridized carbons (Fsp3) is 0.421. The fourth-order valence-electron chi connectivity index (χ4n) is 3.80. The second-order valence-corrected chi connectivity index (χ2v) is 7.00. The zero-order chi connectivity index (χ0) is 19.5. The lowest BCUT2D eigenvalue weighted by Gasteiger charge is -2.35. The number of nitro benzene ring substituents is 1. The average Bonchev–Trinajstić information content (AvgIpc) is 3.28. The molecule has 4 rings (SSSR count). The first kappa shape index (κ1) is 18.1. The number of hydrogen-bond donors (Lipinski definition) is 0. The first-order valence-electron chi connectivity index (χ1n) is 9.47. The molecule has 1 aromatic heterocycles. The topological polar surface area (TPSA) is 95.7 Å². The van der Waals surface area contributed by atoms with Gasteiger partial charge in [0.15, 0.2) is 0 Å². The Kier molecular flexibility index (Phi) is 5.05. The van der Waals surface area contributed by atoms with Crippen LogP contribution in [0.3, 0.4) is 0 Å². The summed E-state index contributed by atoms with van der Waals surface area (Å²) < 4.78 is 0. The molecule has 0 aliphatic carbocycles. The van der Waals surface area contributed by atoms with Gasteiger partial charge in [-0.05, 0) is 25.0 Å². The lowest BCUT2D eigenvalue weighted by atomic mass is 10.1. The van der Waals surface area contributed by atoms with Crippen LogP contribution in [0.5, 0.6) is 0 Å². The minimum atomic E-state index is -0.392. The molecule has 1 aromatic carbocycles. The summed E-state index contributed by atoms with van der Waals surface area (Å²) in [6, 6.07) is 4.84. The molecule has 28 heavy (non-hydrogen) atoms. The van der Waals surface area contributed by atoms with Gasteiger partial charge in [-0.15, -0.1) is 0 Å². The van der Waals surface area contributed by atoms with E-state index in [2.05, 4.69) is 14.9 Å². The number of nitro groups is 1. The minimum Gasteiger partial charge on any atom is -0.366 e. The van der Waals surface area contributed by atoms with E-state index in [1.54, 1.807) is 35.6 Å². The van der Waals surface area contributed by atoms with Gasteiger partial charge in [0.1, 0.15) is 11.5 Å². The van der Waals surface area contributed by atoms with Gasteiger partial charge in [-0.25, -0.2) is 4.98 Å². The lowest BCUT2D eigenvalue weighted by molar-refractivity contribution is -0.384. The van der Waals surface area contributed by atoms with E-state index >= 15 is 0 Å². The molecular formula is C19H22N6O3. The minimum absolute atomic E-state index is 0.00551. The van der Waals surface area contributed by atoms with Gasteiger partial charge in [-0.2, -0.15) is 0 Å². The number of amides is 1. The second kappa shape index (κ2) is 7.79. The van der Waals surface area contributed by atoms with Crippen LogP contribution in [0.2, 0.25) is 0 Å². The summed E-state index contributed by atoms with van der Waals surface area (Å²) in [5.74, 6) is 0.620. The molecule has 1 amide bonds. The number of piperazine rings is 1. The molecule has 9 heteroatoms. The highest BCUT2D eigenvalue weighted by molar-refractivity contribution is 5.96. The number of anilines is 2. The molecule has 2 aromatic rings. The Balaban J connectivity index is 1.47. The largest absolute Gasteiger partial charge is 0.366 e. The monoisotopic (exact) mass is 382 g/mol. The molecule has 2 aliphatic rings. The Morgan fingerprint density at radius 3 is 2.39 bits per heavy atom. The summed E-state index contributed by atoms with van der Waals surface area (Å²) in [4.78, 5) is 38.3. The molecular weight excluding hydrogens is 360 g/mol. The number of benzene rings is 1. The van der Waals surface area contributed by atoms with Gasteiger partial charge in [-0.1, -0.05) is 0 Å². The fourth-order valence-corrected chi connectivity index (χ4v) is 3.80. The highest BCUT2D eigenvalue weighted by Crippen LogP contribution is 2.32. The van der Waals surface area contributed by atoms with Crippen molar-refractivity contribution >= 4 is 23.1 Å². The van der Waals surface area contributed by atoms with Crippen LogP contribution >= 0.6 is 0 Å². The Hall–Kier alpha value is -3.23. The van der Waals surface area contributed by atoms with Gasteiger partial charge in [0.25, 0.3) is 11.6 Å². The molecule has 2 aliphatic heterocycles. The van der Waals surface area contributed by atoms with Crippen LogP contribution < -0.4 is 9.80 Å². The van der Waals surface area contributed by atoms with Crippen molar-refractivity contribution in [1.29, 1.82) is 0 Å². The molecule has 9 nitrogen and oxygen atoms in total. The smallest absolute Gasteiger partial charge is 0.293 e. The predicted molar refractivity (Wildman–Crippen MR) is 105 cm³/mol. The first-order valence-corrected chi connectivity index (χ1v) is 9.47. The number of hydrogen-bond acceptors (Lipinski definition) is 7. The summed E-state index contributed by atoms with van der Waals surface area (Å²) in [5.41, 5.74) is 0.972. The molecule has 0 spiro atoms. The summed E-state index contributed by atoms with van der Waals surface area (Å²) in [6.45, 7) is 4.02. The quantitative estimate of drug-likeness (QED) is 0.589. The molecule has 146 valence electrons. The SMILES string of the molecule is O=C(c1ccc(N2CCCC2)c([N+](=O)[O-])c1)N1CCN(c2cnccn2)CC1. The summed E-state index contributed by atoms with van der Waals surface area (Å²) in [6.07, 6.45) is 7.05. The van der Waals surface area contributed by atoms with E-state index in [0.717, 1.165) is 31.7 Å². The maximum Gasteiger partial charge on any atom is 0.293 e. The Labute approximate surface area is 162 Å². The van der Waals surface area contributed by atoms with Crippen molar-refractivity contribution in [1.82, 2.24) is 14.9 Å². The van der Waals surface area contributed by atoms with Crippen molar-refractivity contribution in [2.24, 2.45) is 0 Å². The second-order valence-electron chi connectivity index (χ2n) is 7.00. The third kappa shape index (κ3) is 3.60. The van der Waals surface area contributed by atoms with E-state index in [0.29, 0.717) is 37.4 Å². The normalized spacial score (nSPS) is 17.1. The Bertz CT molecular complexity index is 861. The molecule has 3 heterocycles. The predicted octanol–water partition coefficient (Wildman–Crippen LogP) is 1.95. The average molecular weight is 382 g/mol. The van der Waals surface area contributed by atoms with Crippen LogP contribution in [0.4, 0.5) is 17.2 Å². The molecule has 0 atom stereocenters. The van der Waals surface area contributed by atoms with Gasteiger partial charge < -0.3 is 14.7 Å². The number of rotatable bonds is 4. The van der Waals surface area contributed by atoms with Crippen molar-refractivity contribution in [3.05, 3.63) is 52.5 Å². The van der Waals surface area contributed by atoms with E-state index in [1.165, 1.54) is 6.07 Å². The molecule has 0 N–H and O–H groups in total. The summed E-state index contributed by atoms with van der Waals surface area (Å²) in [5, 5.41) is 11.6. The van der Waals surface area contributed by atoms with Crippen LogP contribution in [0, 0.1) is 10.1 Å². The highest BCUT2D eigenvalue weighted by atomic mass is 16.6. The van der Waals surface area contributed by atoms with Crippen molar-refractivity contribution in [2.45, 2.75) is 12.8 Å². The summed E-state index contributed by atoms with van der Waals surface area (Å²) >= 11 is 0. The Morgan fingerprint density at radius 2 is 1.75 bits per heavy atom. The molecule has 0 saturated carbocycles. The van der Waals surface area contributed by atoms with Gasteiger partial charge in [-0.3, -0.25) is 19.9 Å². The third-order valence-electron chi connectivity index (χ3n) is 5.31. The van der Waals surface area contributed by atoms with Gasteiger partial charge in [0.05, 0.1) is 11.1 Å². The maximum absolute atomic E-state index is 12.9. The number of nitrogens with zero attached hydrogens (tertiary/aromatic N) is 6. The van der Waals surface area contributed by atoms with Crippen LogP contribution in [0.1, 0.15) is 23.2 Å². The van der Waals surface area contributed by atoms with Crippen molar-refractivity contribution in [3.8, 4) is 0 Å². The molecule has 0 radical (unpaired) electrons. The van der Waals surface area contributed by atoms with E-state index < -0.39 is 4.92 Å². The third-order valence-corrected chi connectivity index (χ3v) is 5.31. The number of carbonyl (C=O) groups is 1. The van der Waals surface area contributed by atoms with Crippen molar-refractivity contribution in [2.75, 3.05) is 49.1 Å². The van der Waals surface area contributed by atoms with Crippen LogP contribution in [0.25, 0.3) is 0 Å². The van der Waals surface area contributed by atoms with Crippen LogP contribution in [-0.2, 0) is 0 Å². The maximum atomic E-state index is 12.9. The van der Waals surface area contributed by atoms with E-state index in [-0.39, 0.29) is 11.6 Å². The zero-order valence-corrected chi connectivity index (χ0v) is 15.5. The van der Waals surface area contributed by atoms with Crippen molar-refractivity contribution in [3.63, 3.8) is 0 Å². The standard InChI is InChI=1S/C19H22N6O3/c26-19(24-11-9-23(10-12-24)18-14-20-5-6-21-18)15-3-4-16(17(13-15)25(27)28)22-7-1-2-8-22/h3-6,13-14H,1-2,7-12H2. The number of aromatic nitrogens is 2.